The first kappa shape index (κ1) is 6.61. The average Bonchev–Trinajstić information content (AvgIpc) is 1.35. The van der Waals surface area contributed by atoms with Gasteiger partial charge in [-0.3, -0.25) is 0 Å². The second-order valence-electron chi connectivity index (χ2n) is 0.791. The molecule has 0 aromatic heterocycles. The van der Waals surface area contributed by atoms with Crippen molar-refractivity contribution >= 4 is 31.9 Å². The second kappa shape index (κ2) is 3.79. The first-order chi connectivity index (χ1) is 2.77. The van der Waals surface area contributed by atoms with E-state index in [1.54, 1.807) is 0 Å². The fraction of sp³-hybridized carbons (Fsp3) is 0.500. The van der Waals surface area contributed by atoms with Gasteiger partial charge in [0.1, 0.15) is 0 Å². The summed E-state index contributed by atoms with van der Waals surface area (Å²) in [7, 11) is 0. The molecule has 0 spiro atoms. The van der Waals surface area contributed by atoms with E-state index in [0.717, 1.165) is 9.81 Å². The highest BCUT2D eigenvalue weighted by atomic mass is 79.9. The molecule has 0 heterocycles. The average molecular weight is 213 g/mol. The molecule has 34 valence electrons. The van der Waals surface area contributed by atoms with Gasteiger partial charge >= 0.3 is 0 Å². The van der Waals surface area contributed by atoms with E-state index in [1.165, 1.54) is 0 Å². The summed E-state index contributed by atoms with van der Waals surface area (Å²) < 4.78 is 0.914. The Morgan fingerprint density at radius 1 is 1.67 bits per heavy atom. The molecule has 0 fully saturated rings. The lowest BCUT2D eigenvalue weighted by Crippen LogP contribution is -1.50. The Kier molecular flexibility index (Phi) is 4.17. The van der Waals surface area contributed by atoms with E-state index in [1.807, 2.05) is 6.92 Å². The fourth-order valence-electron chi connectivity index (χ4n) is 0.134. The van der Waals surface area contributed by atoms with Crippen molar-refractivity contribution in [3.63, 3.8) is 0 Å². The molecule has 0 aliphatic carbocycles. The molecule has 0 radical (unpaired) electrons. The predicted molar refractivity (Wildman–Crippen MR) is 34.9 cm³/mol. The molecule has 2 heteroatoms. The monoisotopic (exact) mass is 211 g/mol. The molecule has 0 saturated heterocycles. The summed E-state index contributed by atoms with van der Waals surface area (Å²) in [6, 6.07) is 0. The van der Waals surface area contributed by atoms with Crippen LogP contribution in [0.3, 0.4) is 0 Å². The molecule has 0 aliphatic rings. The normalized spacial score (nSPS) is 7.17. The summed E-state index contributed by atoms with van der Waals surface area (Å²) in [6.07, 6.45) is 3.91. The number of rotatable bonds is 1. The van der Waals surface area contributed by atoms with Gasteiger partial charge in [0, 0.05) is 31.9 Å². The molecule has 0 aromatic rings. The van der Waals surface area contributed by atoms with Gasteiger partial charge in [0.05, 0.1) is 0 Å². The van der Waals surface area contributed by atoms with Crippen molar-refractivity contribution in [3.8, 4) is 0 Å². The number of hydrogen-bond acceptors (Lipinski definition) is 0. The fourth-order valence-corrected chi connectivity index (χ4v) is 0.694. The highest BCUT2D eigenvalue weighted by Crippen LogP contribution is 2.11. The van der Waals surface area contributed by atoms with Crippen LogP contribution in [-0.2, 0) is 0 Å². The van der Waals surface area contributed by atoms with E-state index in [2.05, 4.69) is 37.9 Å². The summed E-state index contributed by atoms with van der Waals surface area (Å²) in [5.41, 5.74) is 0. The Morgan fingerprint density at radius 3 is 2.17 bits per heavy atom. The number of allylic oxidation sites excluding steroid dienone is 1. The molecule has 0 nitrogen and oxygen atoms in total. The minimum Gasteiger partial charge on any atom is -0.0141 e. The SMILES string of the molecule is CC[C+]=C(Br)Br. The number of halogens is 2. The van der Waals surface area contributed by atoms with Crippen molar-refractivity contribution in [1.29, 1.82) is 0 Å². The van der Waals surface area contributed by atoms with Crippen LogP contribution in [0.1, 0.15) is 13.3 Å². The van der Waals surface area contributed by atoms with E-state index < -0.39 is 0 Å². The molecule has 0 bridgehead atoms. The largest absolute Gasteiger partial charge is 0.294 e. The van der Waals surface area contributed by atoms with Crippen molar-refractivity contribution in [1.82, 2.24) is 0 Å². The first-order valence-electron chi connectivity index (χ1n) is 1.69. The summed E-state index contributed by atoms with van der Waals surface area (Å²) in [4.78, 5) is 0. The van der Waals surface area contributed by atoms with E-state index >= 15 is 0 Å². The molecule has 0 N–H and O–H groups in total. The summed E-state index contributed by atoms with van der Waals surface area (Å²) in [6.45, 7) is 2.03. The van der Waals surface area contributed by atoms with Crippen LogP contribution in [0.25, 0.3) is 0 Å². The van der Waals surface area contributed by atoms with Crippen molar-refractivity contribution in [2.24, 2.45) is 0 Å². The van der Waals surface area contributed by atoms with Gasteiger partial charge in [-0.15, -0.1) is 0 Å². The van der Waals surface area contributed by atoms with Gasteiger partial charge in [0.2, 0.25) is 6.08 Å². The van der Waals surface area contributed by atoms with Crippen LogP contribution in [-0.4, -0.2) is 0 Å². The standard InChI is InChI=1S/C4H5Br2/c1-2-3-4(5)6/h2H2,1H3/q+1. The minimum atomic E-state index is 0.914. The topological polar surface area (TPSA) is 0 Å². The number of hydrogen-bond donors (Lipinski definition) is 0. The summed E-state index contributed by atoms with van der Waals surface area (Å²) in [5.74, 6) is 0. The van der Waals surface area contributed by atoms with E-state index in [4.69, 9.17) is 0 Å². The minimum absolute atomic E-state index is 0.914. The second-order valence-corrected chi connectivity index (χ2v) is 3.44. The van der Waals surface area contributed by atoms with Gasteiger partial charge in [-0.05, 0) is 6.92 Å². The van der Waals surface area contributed by atoms with Crippen LogP contribution >= 0.6 is 31.9 Å². The lowest BCUT2D eigenvalue weighted by molar-refractivity contribution is 1.19. The third-order valence-electron chi connectivity index (χ3n) is 0.310. The summed E-state index contributed by atoms with van der Waals surface area (Å²) >= 11 is 6.31. The molecule has 0 atom stereocenters. The molecule has 0 unspecified atom stereocenters. The van der Waals surface area contributed by atoms with Crippen molar-refractivity contribution < 1.29 is 0 Å². The Morgan fingerprint density at radius 2 is 2.17 bits per heavy atom. The van der Waals surface area contributed by atoms with Crippen LogP contribution in [0, 0.1) is 6.08 Å². The third kappa shape index (κ3) is 4.61. The maximum absolute atomic E-state index is 3.16. The van der Waals surface area contributed by atoms with E-state index in [-0.39, 0.29) is 0 Å². The highest BCUT2D eigenvalue weighted by Gasteiger charge is 1.92. The van der Waals surface area contributed by atoms with Gasteiger partial charge in [-0.1, -0.05) is 0 Å². The summed E-state index contributed by atoms with van der Waals surface area (Å²) in [5, 5.41) is 0. The van der Waals surface area contributed by atoms with Crippen molar-refractivity contribution in [2.45, 2.75) is 13.3 Å². The Hall–Kier alpha value is 0.610. The van der Waals surface area contributed by atoms with Crippen LogP contribution in [0.2, 0.25) is 0 Å². The Balaban J connectivity index is 3.14. The van der Waals surface area contributed by atoms with Gasteiger partial charge < -0.3 is 0 Å². The Labute approximate surface area is 54.9 Å². The van der Waals surface area contributed by atoms with Crippen LogP contribution in [0.5, 0.6) is 0 Å². The molecular formula is C4H5Br2+. The molecule has 0 aliphatic heterocycles. The Bertz CT molecular complexity index is 52.6. The first-order valence-corrected chi connectivity index (χ1v) is 3.27. The van der Waals surface area contributed by atoms with Gasteiger partial charge in [-0.2, -0.15) is 0 Å². The smallest absolute Gasteiger partial charge is 0.0141 e. The quantitative estimate of drug-likeness (QED) is 0.587. The van der Waals surface area contributed by atoms with Crippen LogP contribution in [0.4, 0.5) is 0 Å². The molecule has 0 saturated carbocycles. The predicted octanol–water partition coefficient (Wildman–Crippen LogP) is 2.83. The lowest BCUT2D eigenvalue weighted by atomic mass is 10.5. The molecule has 6 heavy (non-hydrogen) atoms. The zero-order valence-electron chi connectivity index (χ0n) is 3.46. The van der Waals surface area contributed by atoms with E-state index in [9.17, 15) is 0 Å². The van der Waals surface area contributed by atoms with Crippen molar-refractivity contribution in [2.75, 3.05) is 0 Å². The lowest BCUT2D eigenvalue weighted by Gasteiger charge is -1.55. The van der Waals surface area contributed by atoms with Crippen LogP contribution in [0.15, 0.2) is 3.39 Å². The van der Waals surface area contributed by atoms with Gasteiger partial charge in [-0.25, -0.2) is 0 Å². The van der Waals surface area contributed by atoms with Gasteiger partial charge in [0.15, 0.2) is 6.42 Å². The molecule has 0 aromatic carbocycles. The highest BCUT2D eigenvalue weighted by molar-refractivity contribution is 9.28. The molecular weight excluding hydrogens is 208 g/mol. The third-order valence-corrected chi connectivity index (χ3v) is 0.871. The van der Waals surface area contributed by atoms with E-state index in [0.29, 0.717) is 0 Å². The molecule has 0 amide bonds. The maximum Gasteiger partial charge on any atom is 0.294 e. The zero-order chi connectivity index (χ0) is 4.99. The van der Waals surface area contributed by atoms with Gasteiger partial charge in [0.25, 0.3) is 3.39 Å². The zero-order valence-corrected chi connectivity index (χ0v) is 6.64. The molecule has 0 rings (SSSR count). The van der Waals surface area contributed by atoms with Crippen molar-refractivity contribution in [3.05, 3.63) is 9.47 Å². The van der Waals surface area contributed by atoms with Crippen LogP contribution < -0.4 is 0 Å². The maximum atomic E-state index is 3.16.